The minimum Gasteiger partial charge on any atom is -0.306 e. The van der Waals surface area contributed by atoms with Gasteiger partial charge in [0.2, 0.25) is 0 Å². The Morgan fingerprint density at radius 2 is 2.00 bits per heavy atom. The fourth-order valence-electron chi connectivity index (χ4n) is 3.34. The van der Waals surface area contributed by atoms with Crippen LogP contribution < -0.4 is 5.56 Å². The summed E-state index contributed by atoms with van der Waals surface area (Å²) in [6.07, 6.45) is 0.716. The Kier molecular flexibility index (Phi) is 4.39. The molecule has 0 amide bonds. The van der Waals surface area contributed by atoms with E-state index < -0.39 is 0 Å². The fourth-order valence-corrected chi connectivity index (χ4v) is 3.34. The molecule has 1 N–H and O–H groups in total. The highest BCUT2D eigenvalue weighted by atomic mass is 19.1. The number of aryl methyl sites for hydroxylation is 1. The van der Waals surface area contributed by atoms with Crippen LogP contribution in [0.15, 0.2) is 53.3 Å². The van der Waals surface area contributed by atoms with Gasteiger partial charge in [0.15, 0.2) is 0 Å². The summed E-state index contributed by atoms with van der Waals surface area (Å²) < 4.78 is 13.8. The molecule has 2 aromatic carbocycles. The lowest BCUT2D eigenvalue weighted by atomic mass is 10.0. The first kappa shape index (κ1) is 16.7. The van der Waals surface area contributed by atoms with Crippen molar-refractivity contribution >= 4 is 0 Å². The number of rotatable bonds is 3. The van der Waals surface area contributed by atoms with Crippen molar-refractivity contribution in [2.45, 2.75) is 26.4 Å². The van der Waals surface area contributed by atoms with Crippen LogP contribution in [0.4, 0.5) is 4.39 Å². The Balaban J connectivity index is 1.57. The van der Waals surface area contributed by atoms with Crippen LogP contribution in [0, 0.1) is 12.7 Å². The monoisotopic (exact) mass is 349 g/mol. The third-order valence-corrected chi connectivity index (χ3v) is 4.84. The minimum absolute atomic E-state index is 0.0892. The molecule has 1 aromatic heterocycles. The van der Waals surface area contributed by atoms with Crippen LogP contribution >= 0.6 is 0 Å². The maximum absolute atomic E-state index is 13.8. The molecule has 4 nitrogen and oxygen atoms in total. The van der Waals surface area contributed by atoms with Gasteiger partial charge in [0.1, 0.15) is 11.6 Å². The van der Waals surface area contributed by atoms with Crippen molar-refractivity contribution in [3.63, 3.8) is 0 Å². The zero-order valence-corrected chi connectivity index (χ0v) is 14.6. The zero-order chi connectivity index (χ0) is 18.1. The Hall–Kier alpha value is -2.79. The molecule has 0 spiro atoms. The van der Waals surface area contributed by atoms with E-state index in [0.29, 0.717) is 36.5 Å². The first-order valence-electron chi connectivity index (χ1n) is 8.75. The molecule has 1 aliphatic heterocycles. The highest BCUT2D eigenvalue weighted by Crippen LogP contribution is 2.20. The molecule has 0 saturated heterocycles. The van der Waals surface area contributed by atoms with Gasteiger partial charge in [0.05, 0.1) is 11.3 Å². The van der Waals surface area contributed by atoms with E-state index in [1.54, 1.807) is 19.1 Å². The summed E-state index contributed by atoms with van der Waals surface area (Å²) in [5, 5.41) is 0. The lowest BCUT2D eigenvalue weighted by Gasteiger charge is -2.27. The van der Waals surface area contributed by atoms with E-state index in [2.05, 4.69) is 14.9 Å². The zero-order valence-electron chi connectivity index (χ0n) is 14.6. The van der Waals surface area contributed by atoms with Gasteiger partial charge in [-0.25, -0.2) is 9.37 Å². The van der Waals surface area contributed by atoms with Gasteiger partial charge in [-0.3, -0.25) is 9.69 Å². The Morgan fingerprint density at radius 1 is 1.19 bits per heavy atom. The Labute approximate surface area is 151 Å². The second kappa shape index (κ2) is 6.84. The lowest BCUT2D eigenvalue weighted by molar-refractivity contribution is 0.241. The molecular weight excluding hydrogens is 329 g/mol. The first-order valence-corrected chi connectivity index (χ1v) is 8.75. The molecule has 0 radical (unpaired) electrons. The molecule has 0 atom stereocenters. The first-order chi connectivity index (χ1) is 12.6. The summed E-state index contributed by atoms with van der Waals surface area (Å²) in [6, 6.07) is 15.0. The van der Waals surface area contributed by atoms with Gasteiger partial charge >= 0.3 is 0 Å². The van der Waals surface area contributed by atoms with Gasteiger partial charge in [-0.05, 0) is 24.1 Å². The number of nitrogens with zero attached hydrogens (tertiary/aromatic N) is 2. The average molecular weight is 349 g/mol. The van der Waals surface area contributed by atoms with Crippen LogP contribution in [0.5, 0.6) is 0 Å². The quantitative estimate of drug-likeness (QED) is 0.788. The minimum atomic E-state index is -0.188. The van der Waals surface area contributed by atoms with Crippen molar-refractivity contribution in [1.29, 1.82) is 0 Å². The predicted molar refractivity (Wildman–Crippen MR) is 99.2 cm³/mol. The number of halogens is 1. The van der Waals surface area contributed by atoms with Crippen LogP contribution in [0.1, 0.15) is 22.4 Å². The van der Waals surface area contributed by atoms with E-state index >= 15 is 0 Å². The molecule has 0 unspecified atom stereocenters. The summed E-state index contributed by atoms with van der Waals surface area (Å²) in [5.74, 6) is 0.426. The summed E-state index contributed by atoms with van der Waals surface area (Å²) in [5.41, 5.74) is 3.95. The molecule has 5 heteroatoms. The van der Waals surface area contributed by atoms with Crippen LogP contribution in [0.25, 0.3) is 11.4 Å². The van der Waals surface area contributed by atoms with Gasteiger partial charge in [-0.2, -0.15) is 0 Å². The second-order valence-corrected chi connectivity index (χ2v) is 6.75. The maximum Gasteiger partial charge on any atom is 0.255 e. The second-order valence-electron chi connectivity index (χ2n) is 6.75. The molecule has 26 heavy (non-hydrogen) atoms. The van der Waals surface area contributed by atoms with Crippen molar-refractivity contribution in [3.8, 4) is 11.4 Å². The van der Waals surface area contributed by atoms with Gasteiger partial charge in [0.25, 0.3) is 5.56 Å². The summed E-state index contributed by atoms with van der Waals surface area (Å²) >= 11 is 0. The van der Waals surface area contributed by atoms with Crippen LogP contribution in [-0.2, 0) is 19.5 Å². The van der Waals surface area contributed by atoms with Crippen molar-refractivity contribution in [3.05, 3.63) is 87.1 Å². The van der Waals surface area contributed by atoms with Crippen LogP contribution in [0.2, 0.25) is 0 Å². The molecule has 0 bridgehead atoms. The number of H-pyrrole nitrogens is 1. The summed E-state index contributed by atoms with van der Waals surface area (Å²) in [7, 11) is 0. The van der Waals surface area contributed by atoms with Gasteiger partial charge in [0, 0.05) is 31.6 Å². The number of hydrogen-bond acceptors (Lipinski definition) is 3. The van der Waals surface area contributed by atoms with E-state index in [1.807, 2.05) is 36.4 Å². The van der Waals surface area contributed by atoms with Crippen molar-refractivity contribution in [2.75, 3.05) is 6.54 Å². The smallest absolute Gasteiger partial charge is 0.255 e. The maximum atomic E-state index is 13.8. The number of aromatic nitrogens is 2. The van der Waals surface area contributed by atoms with E-state index in [0.717, 1.165) is 23.4 Å². The summed E-state index contributed by atoms with van der Waals surface area (Å²) in [6.45, 7) is 3.71. The molecule has 3 aromatic rings. The molecule has 4 rings (SSSR count). The summed E-state index contributed by atoms with van der Waals surface area (Å²) in [4.78, 5) is 22.3. The topological polar surface area (TPSA) is 49.0 Å². The van der Waals surface area contributed by atoms with Gasteiger partial charge in [-0.1, -0.05) is 42.5 Å². The van der Waals surface area contributed by atoms with Gasteiger partial charge in [-0.15, -0.1) is 0 Å². The van der Waals surface area contributed by atoms with E-state index in [4.69, 9.17) is 0 Å². The van der Waals surface area contributed by atoms with Gasteiger partial charge < -0.3 is 4.98 Å². The number of benzene rings is 2. The molecule has 2 heterocycles. The average Bonchev–Trinajstić information content (AvgIpc) is 2.66. The third kappa shape index (κ3) is 3.30. The van der Waals surface area contributed by atoms with Crippen LogP contribution in [0.3, 0.4) is 0 Å². The Bertz CT molecular complexity index is 998. The molecular formula is C21H20FN3O. The number of nitrogens with one attached hydrogen (secondary N) is 1. The predicted octanol–water partition coefficient (Wildman–Crippen LogP) is 3.44. The van der Waals surface area contributed by atoms with Crippen molar-refractivity contribution in [1.82, 2.24) is 14.9 Å². The number of aromatic amines is 1. The standard InChI is InChI=1S/C21H20FN3O/c1-14-7-8-15(11-18(14)22)12-25-10-9-19-17(13-25)21(26)24-20(23-19)16-5-3-2-4-6-16/h2-8,11H,9-10,12-13H2,1H3,(H,23,24,26). The van der Waals surface area contributed by atoms with Crippen molar-refractivity contribution in [2.24, 2.45) is 0 Å². The lowest BCUT2D eigenvalue weighted by Crippen LogP contribution is -2.35. The Morgan fingerprint density at radius 3 is 2.77 bits per heavy atom. The molecule has 0 aliphatic carbocycles. The number of hydrogen-bond donors (Lipinski definition) is 1. The fraction of sp³-hybridized carbons (Fsp3) is 0.238. The third-order valence-electron chi connectivity index (χ3n) is 4.84. The molecule has 132 valence electrons. The van der Waals surface area contributed by atoms with E-state index in [9.17, 15) is 9.18 Å². The largest absolute Gasteiger partial charge is 0.306 e. The van der Waals surface area contributed by atoms with Crippen LogP contribution in [-0.4, -0.2) is 21.4 Å². The molecule has 0 fully saturated rings. The van der Waals surface area contributed by atoms with E-state index in [-0.39, 0.29) is 11.4 Å². The number of fused-ring (bicyclic) bond motifs is 1. The molecule has 0 saturated carbocycles. The van der Waals surface area contributed by atoms with Crippen molar-refractivity contribution < 1.29 is 4.39 Å². The SMILES string of the molecule is Cc1ccc(CN2CCc3nc(-c4ccccc4)[nH]c(=O)c3C2)cc1F. The highest BCUT2D eigenvalue weighted by molar-refractivity contribution is 5.54. The molecule has 1 aliphatic rings. The normalized spacial score (nSPS) is 14.2. The van der Waals surface area contributed by atoms with E-state index in [1.165, 1.54) is 0 Å². The highest BCUT2D eigenvalue weighted by Gasteiger charge is 2.21.